The summed E-state index contributed by atoms with van der Waals surface area (Å²) < 4.78 is 10.8. The summed E-state index contributed by atoms with van der Waals surface area (Å²) >= 11 is 3.83. The minimum absolute atomic E-state index is 0.263. The van der Waals surface area contributed by atoms with Crippen LogP contribution in [0.1, 0.15) is 33.2 Å². The van der Waals surface area contributed by atoms with Gasteiger partial charge in [-0.25, -0.2) is 4.79 Å². The number of hydrogen-bond acceptors (Lipinski definition) is 6. The molecule has 1 aromatic heterocycles. The van der Waals surface area contributed by atoms with Crippen LogP contribution in [-0.2, 0) is 16.1 Å². The first-order valence-electron chi connectivity index (χ1n) is 7.98. The third kappa shape index (κ3) is 4.83. The summed E-state index contributed by atoms with van der Waals surface area (Å²) in [4.78, 5) is 24.2. The van der Waals surface area contributed by atoms with Gasteiger partial charge < -0.3 is 14.5 Å². The molecule has 0 unspecified atom stereocenters. The Morgan fingerprint density at radius 1 is 1.24 bits per heavy atom. The van der Waals surface area contributed by atoms with Crippen LogP contribution >= 0.6 is 23.5 Å². The van der Waals surface area contributed by atoms with E-state index in [1.165, 1.54) is 11.8 Å². The van der Waals surface area contributed by atoms with Crippen molar-refractivity contribution in [3.63, 3.8) is 0 Å². The molecule has 25 heavy (non-hydrogen) atoms. The lowest BCUT2D eigenvalue weighted by atomic mass is 10.1. The van der Waals surface area contributed by atoms with Crippen LogP contribution in [0.4, 0.5) is 0 Å². The molecule has 1 aliphatic rings. The van der Waals surface area contributed by atoms with E-state index in [1.54, 1.807) is 31.2 Å². The second kappa shape index (κ2) is 8.49. The number of amides is 1. The van der Waals surface area contributed by atoms with Crippen molar-refractivity contribution in [1.29, 1.82) is 0 Å². The van der Waals surface area contributed by atoms with Gasteiger partial charge >= 0.3 is 5.97 Å². The molecule has 0 radical (unpaired) electrons. The van der Waals surface area contributed by atoms with Gasteiger partial charge in [-0.05, 0) is 36.8 Å². The third-order valence-corrected chi connectivity index (χ3v) is 6.81. The molecular weight excluding hydrogens is 358 g/mol. The lowest BCUT2D eigenvalue weighted by Gasteiger charge is -2.13. The van der Waals surface area contributed by atoms with Crippen LogP contribution in [0.25, 0.3) is 0 Å². The van der Waals surface area contributed by atoms with Gasteiger partial charge in [0.2, 0.25) is 0 Å². The zero-order valence-electron chi connectivity index (χ0n) is 13.8. The standard InChI is InChI=1S/C18H19NO4S2/c1-12(16(20)19-11-15-3-2-8-22-15)23-17(21)13-4-6-14(7-5-13)18-24-9-10-25-18/h2-8,12,18H,9-11H2,1H3,(H,19,20)/t12-/m0/s1. The van der Waals surface area contributed by atoms with Crippen LogP contribution in [0.2, 0.25) is 0 Å². The molecule has 1 fully saturated rings. The first-order chi connectivity index (χ1) is 12.1. The minimum atomic E-state index is -0.872. The molecule has 3 rings (SSSR count). The average Bonchev–Trinajstić information content (AvgIpc) is 3.33. The number of benzene rings is 1. The Morgan fingerprint density at radius 2 is 1.96 bits per heavy atom. The Bertz CT molecular complexity index is 709. The highest BCUT2D eigenvalue weighted by molar-refractivity contribution is 8.19. The summed E-state index contributed by atoms with van der Waals surface area (Å²) in [6.45, 7) is 1.81. The number of ether oxygens (including phenoxy) is 1. The van der Waals surface area contributed by atoms with Crippen molar-refractivity contribution in [2.45, 2.75) is 24.2 Å². The van der Waals surface area contributed by atoms with E-state index in [2.05, 4.69) is 5.32 Å². The predicted octanol–water partition coefficient (Wildman–Crippen LogP) is 3.62. The highest BCUT2D eigenvalue weighted by Crippen LogP contribution is 2.45. The molecule has 1 aromatic carbocycles. The maximum absolute atomic E-state index is 12.2. The average molecular weight is 377 g/mol. The molecule has 1 amide bonds. The van der Waals surface area contributed by atoms with Crippen LogP contribution in [0.15, 0.2) is 47.1 Å². The fourth-order valence-corrected chi connectivity index (χ4v) is 5.20. The van der Waals surface area contributed by atoms with Gasteiger partial charge in [-0.15, -0.1) is 23.5 Å². The fourth-order valence-electron chi connectivity index (χ4n) is 2.34. The molecule has 0 spiro atoms. The first-order valence-corrected chi connectivity index (χ1v) is 10.1. The van der Waals surface area contributed by atoms with Crippen molar-refractivity contribution >= 4 is 35.4 Å². The number of nitrogens with one attached hydrogen (secondary N) is 1. The van der Waals surface area contributed by atoms with E-state index in [0.29, 0.717) is 15.9 Å². The van der Waals surface area contributed by atoms with Gasteiger partial charge in [0.25, 0.3) is 5.91 Å². The van der Waals surface area contributed by atoms with Crippen molar-refractivity contribution < 1.29 is 18.7 Å². The maximum atomic E-state index is 12.2. The molecule has 0 aliphatic carbocycles. The monoisotopic (exact) mass is 377 g/mol. The van der Waals surface area contributed by atoms with Gasteiger partial charge in [0.05, 0.1) is 23.0 Å². The molecule has 1 saturated heterocycles. The normalized spacial score (nSPS) is 15.7. The first kappa shape index (κ1) is 17.9. The van der Waals surface area contributed by atoms with Gasteiger partial charge in [0.15, 0.2) is 6.10 Å². The van der Waals surface area contributed by atoms with E-state index >= 15 is 0 Å². The molecular formula is C18H19NO4S2. The summed E-state index contributed by atoms with van der Waals surface area (Å²) in [6.07, 6.45) is 0.667. The number of hydrogen-bond donors (Lipinski definition) is 1. The quantitative estimate of drug-likeness (QED) is 0.776. The fraction of sp³-hybridized carbons (Fsp3) is 0.333. The van der Waals surface area contributed by atoms with Crippen molar-refractivity contribution in [3.8, 4) is 0 Å². The van der Waals surface area contributed by atoms with E-state index in [1.807, 2.05) is 35.7 Å². The van der Waals surface area contributed by atoms with Crippen molar-refractivity contribution in [2.24, 2.45) is 0 Å². The second-order valence-corrected chi connectivity index (χ2v) is 8.26. The molecule has 0 saturated carbocycles. The number of esters is 1. The van der Waals surface area contributed by atoms with Crippen molar-refractivity contribution in [2.75, 3.05) is 11.5 Å². The molecule has 1 atom stereocenters. The Kier molecular flexibility index (Phi) is 6.09. The summed E-state index contributed by atoms with van der Waals surface area (Å²) in [5.74, 6) is 2.09. The Hall–Kier alpha value is -1.86. The molecule has 1 aliphatic heterocycles. The van der Waals surface area contributed by atoms with Crippen LogP contribution in [0.3, 0.4) is 0 Å². The zero-order valence-corrected chi connectivity index (χ0v) is 15.4. The van der Waals surface area contributed by atoms with E-state index in [-0.39, 0.29) is 12.5 Å². The third-order valence-electron chi connectivity index (χ3n) is 3.71. The molecule has 1 N–H and O–H groups in total. The highest BCUT2D eigenvalue weighted by atomic mass is 32.2. The van der Waals surface area contributed by atoms with Crippen LogP contribution < -0.4 is 5.32 Å². The summed E-state index contributed by atoms with van der Waals surface area (Å²) in [5.41, 5.74) is 1.65. The molecule has 2 aromatic rings. The zero-order chi connectivity index (χ0) is 17.6. The van der Waals surface area contributed by atoms with E-state index in [0.717, 1.165) is 11.5 Å². The molecule has 2 heterocycles. The van der Waals surface area contributed by atoms with Crippen LogP contribution in [0.5, 0.6) is 0 Å². The van der Waals surface area contributed by atoms with Gasteiger partial charge in [-0.3, -0.25) is 4.79 Å². The minimum Gasteiger partial charge on any atom is -0.467 e. The van der Waals surface area contributed by atoms with E-state index < -0.39 is 12.1 Å². The predicted molar refractivity (Wildman–Crippen MR) is 99.5 cm³/mol. The molecule has 5 nitrogen and oxygen atoms in total. The topological polar surface area (TPSA) is 68.5 Å². The maximum Gasteiger partial charge on any atom is 0.338 e. The largest absolute Gasteiger partial charge is 0.467 e. The molecule has 7 heteroatoms. The Balaban J connectivity index is 1.51. The van der Waals surface area contributed by atoms with E-state index in [4.69, 9.17) is 9.15 Å². The van der Waals surface area contributed by atoms with Crippen molar-refractivity contribution in [1.82, 2.24) is 5.32 Å². The number of carbonyl (C=O) groups is 2. The summed E-state index contributed by atoms with van der Waals surface area (Å²) in [6, 6.07) is 10.9. The number of carbonyl (C=O) groups excluding carboxylic acids is 2. The van der Waals surface area contributed by atoms with Gasteiger partial charge in [0.1, 0.15) is 5.76 Å². The smallest absolute Gasteiger partial charge is 0.338 e. The van der Waals surface area contributed by atoms with Gasteiger partial charge in [-0.2, -0.15) is 0 Å². The number of rotatable bonds is 6. The molecule has 132 valence electrons. The lowest BCUT2D eigenvalue weighted by Crippen LogP contribution is -2.35. The summed E-state index contributed by atoms with van der Waals surface area (Å²) in [7, 11) is 0. The number of thioether (sulfide) groups is 2. The van der Waals surface area contributed by atoms with Crippen LogP contribution in [-0.4, -0.2) is 29.5 Å². The highest BCUT2D eigenvalue weighted by Gasteiger charge is 2.21. The SMILES string of the molecule is C[C@H](OC(=O)c1ccc(C2SCCS2)cc1)C(=O)NCc1ccco1. The van der Waals surface area contributed by atoms with Gasteiger partial charge in [0, 0.05) is 11.5 Å². The number of furan rings is 1. The Morgan fingerprint density at radius 3 is 2.60 bits per heavy atom. The van der Waals surface area contributed by atoms with Crippen LogP contribution in [0, 0.1) is 0 Å². The molecule has 0 bridgehead atoms. The van der Waals surface area contributed by atoms with Crippen molar-refractivity contribution in [3.05, 3.63) is 59.5 Å². The van der Waals surface area contributed by atoms with E-state index in [9.17, 15) is 9.59 Å². The second-order valence-electron chi connectivity index (χ2n) is 5.54. The summed E-state index contributed by atoms with van der Waals surface area (Å²) in [5, 5.41) is 2.67. The lowest BCUT2D eigenvalue weighted by molar-refractivity contribution is -0.129. The Labute approximate surface area is 154 Å². The van der Waals surface area contributed by atoms with Gasteiger partial charge in [-0.1, -0.05) is 12.1 Å².